The van der Waals surface area contributed by atoms with Crippen LogP contribution in [0.3, 0.4) is 0 Å². The molecule has 2 aromatic carbocycles. The van der Waals surface area contributed by atoms with E-state index in [0.717, 1.165) is 34.9 Å². The average Bonchev–Trinajstić information content (AvgIpc) is 3.09. The van der Waals surface area contributed by atoms with Gasteiger partial charge in [0, 0.05) is 35.7 Å². The summed E-state index contributed by atoms with van der Waals surface area (Å²) in [7, 11) is 0. The third kappa shape index (κ3) is 5.38. The molecule has 0 spiro atoms. The Morgan fingerprint density at radius 1 is 1.07 bits per heavy atom. The highest BCUT2D eigenvalue weighted by atomic mass is 35.5. The van der Waals surface area contributed by atoms with Crippen LogP contribution in [-0.4, -0.2) is 22.0 Å². The summed E-state index contributed by atoms with van der Waals surface area (Å²) in [6, 6.07) is 21.4. The van der Waals surface area contributed by atoms with Crippen LogP contribution in [0.5, 0.6) is 0 Å². The molecule has 2 amide bonds. The highest BCUT2D eigenvalue weighted by Gasteiger charge is 2.15. The summed E-state index contributed by atoms with van der Waals surface area (Å²) in [6.07, 6.45) is 2.94. The predicted octanol–water partition coefficient (Wildman–Crippen LogP) is 5.63. The first-order valence-electron chi connectivity index (χ1n) is 9.15. The smallest absolute Gasteiger partial charge is 0.322 e. The number of halogens is 1. The molecule has 0 saturated carbocycles. The zero-order valence-electron chi connectivity index (χ0n) is 15.4. The molecule has 0 radical (unpaired) electrons. The van der Waals surface area contributed by atoms with Crippen LogP contribution in [-0.2, 0) is 13.1 Å². The Labute approximate surface area is 165 Å². The summed E-state index contributed by atoms with van der Waals surface area (Å²) in [5.41, 5.74) is 3.03. The van der Waals surface area contributed by atoms with Gasteiger partial charge in [-0.2, -0.15) is 0 Å². The minimum Gasteiger partial charge on any atom is -0.345 e. The largest absolute Gasteiger partial charge is 0.345 e. The number of aromatic nitrogens is 1. The molecule has 1 aromatic heterocycles. The first kappa shape index (κ1) is 19.1. The fraction of sp³-hybridized carbons (Fsp3) is 0.227. The van der Waals surface area contributed by atoms with Crippen molar-refractivity contribution in [3.8, 4) is 0 Å². The van der Waals surface area contributed by atoms with Crippen molar-refractivity contribution in [2.24, 2.45) is 0 Å². The molecule has 0 aliphatic carbocycles. The Morgan fingerprint density at radius 3 is 2.63 bits per heavy atom. The summed E-state index contributed by atoms with van der Waals surface area (Å²) < 4.78 is 2.16. The molecular formula is C22H24ClN3O. The first-order chi connectivity index (χ1) is 13.2. The van der Waals surface area contributed by atoms with Gasteiger partial charge in [0.1, 0.15) is 0 Å². The van der Waals surface area contributed by atoms with Gasteiger partial charge in [-0.05, 0) is 48.4 Å². The summed E-state index contributed by atoms with van der Waals surface area (Å²) >= 11 is 6.10. The minimum atomic E-state index is -0.0847. The van der Waals surface area contributed by atoms with Gasteiger partial charge < -0.3 is 14.8 Å². The lowest BCUT2D eigenvalue weighted by molar-refractivity contribution is 0.208. The number of carbonyl (C=O) groups excluding carboxylic acids is 1. The van der Waals surface area contributed by atoms with E-state index >= 15 is 0 Å². The zero-order chi connectivity index (χ0) is 19.1. The second-order valence-electron chi connectivity index (χ2n) is 6.48. The molecule has 0 unspecified atom stereocenters. The second-order valence-corrected chi connectivity index (χ2v) is 6.91. The van der Waals surface area contributed by atoms with E-state index in [4.69, 9.17) is 11.6 Å². The van der Waals surface area contributed by atoms with Crippen LogP contribution in [0.25, 0.3) is 0 Å². The minimum absolute atomic E-state index is 0.0847. The van der Waals surface area contributed by atoms with Crippen molar-refractivity contribution >= 4 is 23.3 Å². The maximum atomic E-state index is 12.7. The molecule has 0 aliphatic rings. The average molecular weight is 382 g/mol. The maximum absolute atomic E-state index is 12.7. The molecule has 3 rings (SSSR count). The molecule has 1 heterocycles. The molecule has 0 atom stereocenters. The van der Waals surface area contributed by atoms with Crippen molar-refractivity contribution in [1.82, 2.24) is 9.47 Å². The number of anilines is 1. The standard InChI is InChI=1S/C22H24ClN3O/c1-2-13-26(22(27)24-20-10-4-3-5-11-20)17-21-12-7-14-25(21)16-18-8-6-9-19(23)15-18/h3-12,14-15H,2,13,16-17H2,1H3,(H,24,27). The third-order valence-corrected chi connectivity index (χ3v) is 4.56. The highest BCUT2D eigenvalue weighted by molar-refractivity contribution is 6.30. The number of para-hydroxylation sites is 1. The lowest BCUT2D eigenvalue weighted by atomic mass is 10.2. The van der Waals surface area contributed by atoms with Gasteiger partial charge in [-0.1, -0.05) is 48.9 Å². The SMILES string of the molecule is CCCN(Cc1cccn1Cc1cccc(Cl)c1)C(=O)Nc1ccccc1. The van der Waals surface area contributed by atoms with Gasteiger partial charge in [0.2, 0.25) is 0 Å². The summed E-state index contributed by atoms with van der Waals surface area (Å²) in [5.74, 6) is 0. The van der Waals surface area contributed by atoms with Crippen molar-refractivity contribution < 1.29 is 4.79 Å². The Balaban J connectivity index is 1.71. The molecule has 0 fully saturated rings. The number of amides is 2. The Kier molecular flexibility index (Phi) is 6.55. The van der Waals surface area contributed by atoms with Crippen molar-refractivity contribution in [3.63, 3.8) is 0 Å². The van der Waals surface area contributed by atoms with Crippen molar-refractivity contribution in [1.29, 1.82) is 0 Å². The van der Waals surface area contributed by atoms with Crippen LogP contribution in [0.15, 0.2) is 72.9 Å². The Morgan fingerprint density at radius 2 is 1.89 bits per heavy atom. The number of urea groups is 1. The monoisotopic (exact) mass is 381 g/mol. The second kappa shape index (κ2) is 9.28. The van der Waals surface area contributed by atoms with Gasteiger partial charge in [0.05, 0.1) is 6.54 Å². The molecular weight excluding hydrogens is 358 g/mol. The zero-order valence-corrected chi connectivity index (χ0v) is 16.2. The molecule has 140 valence electrons. The molecule has 27 heavy (non-hydrogen) atoms. The van der Waals surface area contributed by atoms with E-state index in [2.05, 4.69) is 28.9 Å². The van der Waals surface area contributed by atoms with Crippen LogP contribution >= 0.6 is 11.6 Å². The number of carbonyl (C=O) groups is 1. The summed E-state index contributed by atoms with van der Waals surface area (Å²) in [5, 5.41) is 3.71. The first-order valence-corrected chi connectivity index (χ1v) is 9.53. The van der Waals surface area contributed by atoms with E-state index in [-0.39, 0.29) is 6.03 Å². The number of nitrogens with one attached hydrogen (secondary N) is 1. The number of rotatable bonds is 7. The fourth-order valence-electron chi connectivity index (χ4n) is 3.02. The summed E-state index contributed by atoms with van der Waals surface area (Å²) in [4.78, 5) is 14.6. The highest BCUT2D eigenvalue weighted by Crippen LogP contribution is 2.15. The molecule has 5 heteroatoms. The third-order valence-electron chi connectivity index (χ3n) is 4.32. The van der Waals surface area contributed by atoms with E-state index in [1.54, 1.807) is 0 Å². The van der Waals surface area contributed by atoms with Crippen molar-refractivity contribution in [3.05, 3.63) is 89.2 Å². The fourth-order valence-corrected chi connectivity index (χ4v) is 3.23. The molecule has 0 bridgehead atoms. The van der Waals surface area contributed by atoms with Crippen LogP contribution in [0, 0.1) is 0 Å². The van der Waals surface area contributed by atoms with E-state index in [9.17, 15) is 4.79 Å². The maximum Gasteiger partial charge on any atom is 0.322 e. The van der Waals surface area contributed by atoms with Gasteiger partial charge in [0.15, 0.2) is 0 Å². The lowest BCUT2D eigenvalue weighted by Gasteiger charge is -2.23. The van der Waals surface area contributed by atoms with E-state index in [0.29, 0.717) is 13.1 Å². The van der Waals surface area contributed by atoms with Gasteiger partial charge in [0.25, 0.3) is 0 Å². The molecule has 3 aromatic rings. The number of nitrogens with zero attached hydrogens (tertiary/aromatic N) is 2. The van der Waals surface area contributed by atoms with Crippen molar-refractivity contribution in [2.45, 2.75) is 26.4 Å². The Bertz CT molecular complexity index is 876. The van der Waals surface area contributed by atoms with E-state index in [1.165, 1.54) is 0 Å². The number of benzene rings is 2. The van der Waals surface area contributed by atoms with Gasteiger partial charge >= 0.3 is 6.03 Å². The summed E-state index contributed by atoms with van der Waals surface area (Å²) in [6.45, 7) is 4.05. The van der Waals surface area contributed by atoms with Crippen molar-refractivity contribution in [2.75, 3.05) is 11.9 Å². The van der Waals surface area contributed by atoms with E-state index in [1.807, 2.05) is 65.7 Å². The normalized spacial score (nSPS) is 10.6. The van der Waals surface area contributed by atoms with Crippen LogP contribution in [0.2, 0.25) is 5.02 Å². The van der Waals surface area contributed by atoms with Gasteiger partial charge in [-0.25, -0.2) is 4.79 Å². The van der Waals surface area contributed by atoms with Gasteiger partial charge in [-0.15, -0.1) is 0 Å². The van der Waals surface area contributed by atoms with Crippen LogP contribution < -0.4 is 5.32 Å². The number of hydrogen-bond acceptors (Lipinski definition) is 1. The quantitative estimate of drug-likeness (QED) is 0.565. The molecule has 0 saturated heterocycles. The molecule has 4 nitrogen and oxygen atoms in total. The van der Waals surface area contributed by atoms with E-state index < -0.39 is 0 Å². The van der Waals surface area contributed by atoms with Crippen LogP contribution in [0.4, 0.5) is 10.5 Å². The predicted molar refractivity (Wildman–Crippen MR) is 111 cm³/mol. The Hall–Kier alpha value is -2.72. The molecule has 0 aliphatic heterocycles. The molecule has 1 N–H and O–H groups in total. The number of hydrogen-bond donors (Lipinski definition) is 1. The van der Waals surface area contributed by atoms with Gasteiger partial charge in [-0.3, -0.25) is 0 Å². The lowest BCUT2D eigenvalue weighted by Crippen LogP contribution is -2.35. The topological polar surface area (TPSA) is 37.3 Å². The van der Waals surface area contributed by atoms with Crippen LogP contribution in [0.1, 0.15) is 24.6 Å².